The lowest BCUT2D eigenvalue weighted by atomic mass is 11.5. The molecule has 0 aliphatic heterocycles. The van der Waals surface area contributed by atoms with Crippen molar-refractivity contribution in [3.05, 3.63) is 10.4 Å². The zero-order valence-electron chi connectivity index (χ0n) is 4.63. The molecule has 0 rings (SSSR count). The van der Waals surface area contributed by atoms with Crippen LogP contribution in [0.1, 0.15) is 7.43 Å². The van der Waals surface area contributed by atoms with Crippen molar-refractivity contribution in [2.45, 2.75) is 13.9 Å². The second kappa shape index (κ2) is 16.2. The van der Waals surface area contributed by atoms with Gasteiger partial charge in [0.15, 0.2) is 4.91 Å². The predicted molar refractivity (Wildman–Crippen MR) is 27.8 cm³/mol. The van der Waals surface area contributed by atoms with Crippen LogP contribution in [0.25, 0.3) is 5.53 Å². The highest BCUT2D eigenvalue weighted by Gasteiger charge is 2.24. The molecule has 0 radical (unpaired) electrons. The second-order valence-corrected chi connectivity index (χ2v) is 0.594. The summed E-state index contributed by atoms with van der Waals surface area (Å²) in [5.74, 6) is 0. The maximum absolute atomic E-state index is 9.69. The van der Waals surface area contributed by atoms with Crippen LogP contribution in [-0.4, -0.2) is 12.6 Å². The van der Waals surface area contributed by atoms with Crippen LogP contribution in [0.2, 0.25) is 0 Å². The Morgan fingerprint density at radius 1 is 1.17 bits per heavy atom. The Morgan fingerprint density at radius 3 is 1.17 bits per heavy atom. The van der Waals surface area contributed by atoms with Gasteiger partial charge in [-0.1, -0.05) is 7.43 Å². The average molecular weight is 192 g/mol. The van der Waals surface area contributed by atoms with Crippen molar-refractivity contribution in [3.63, 3.8) is 0 Å². The van der Waals surface area contributed by atoms with Crippen molar-refractivity contribution in [1.82, 2.24) is 4.97 Å². The molecule has 0 unspecified atom stereocenters. The molecule has 0 aromatic heterocycles. The summed E-state index contributed by atoms with van der Waals surface area (Å²) in [6.45, 7) is 0. The number of hydrogen-bond acceptors (Lipinski definition) is 3. The molecule has 0 heterocycles. The van der Waals surface area contributed by atoms with E-state index in [-0.39, 0.29) is 13.6 Å². The van der Waals surface area contributed by atoms with Crippen molar-refractivity contribution in [2.75, 3.05) is 0 Å². The van der Waals surface area contributed by atoms with E-state index in [1.54, 1.807) is 0 Å². The molecule has 12 heavy (non-hydrogen) atoms. The minimum atomic E-state index is -5.50. The van der Waals surface area contributed by atoms with Gasteiger partial charge in [0.2, 0.25) is 0 Å². The van der Waals surface area contributed by atoms with Crippen LogP contribution < -0.4 is 4.97 Å². The first-order valence-electron chi connectivity index (χ1n) is 1.55. The number of nitrogens with zero attached hydrogens (tertiary/aromatic N) is 2. The van der Waals surface area contributed by atoms with Crippen LogP contribution in [0, 0.1) is 4.91 Å². The van der Waals surface area contributed by atoms with Gasteiger partial charge in [-0.15, -0.1) is 17.6 Å². The molecule has 0 aromatic rings. The van der Waals surface area contributed by atoms with E-state index in [4.69, 9.17) is 20.0 Å². The van der Waals surface area contributed by atoms with Crippen LogP contribution in [0.5, 0.6) is 0 Å². The molecule has 0 amide bonds. The maximum Gasteiger partial charge on any atom is 0.559 e. The quantitative estimate of drug-likeness (QED) is 0.329. The summed E-state index contributed by atoms with van der Waals surface area (Å²) < 4.78 is 38.8. The number of hydrogen-bond donors (Lipinski definition) is 0. The lowest BCUT2D eigenvalue weighted by Gasteiger charge is -1.82. The summed E-state index contributed by atoms with van der Waals surface area (Å²) in [5.41, 5.74) is 6.64. The van der Waals surface area contributed by atoms with Crippen LogP contribution >= 0.6 is 0 Å². The summed E-state index contributed by atoms with van der Waals surface area (Å²) in [7, 11) is 0. The summed E-state index contributed by atoms with van der Waals surface area (Å²) in [6, 6.07) is 0. The number of nitroso groups, excluding NO2 is 1. The summed E-state index contributed by atoms with van der Waals surface area (Å²) in [4.78, 5) is 25.6. The first kappa shape index (κ1) is 22.4. The van der Waals surface area contributed by atoms with Crippen LogP contribution in [0.15, 0.2) is 0 Å². The SMILES string of the molecule is C.FC(F)(F)F.O=C=O.[N-]=[N+]=O. The zero-order chi connectivity index (χ0) is 9.91. The monoisotopic (exact) mass is 192 g/mol. The van der Waals surface area contributed by atoms with Gasteiger partial charge in [0.25, 0.3) is 0 Å². The molecule has 0 aliphatic rings. The molecule has 0 atom stereocenters. The molecule has 5 nitrogen and oxygen atoms in total. The van der Waals surface area contributed by atoms with Gasteiger partial charge in [-0.2, -0.15) is 9.59 Å². The van der Waals surface area contributed by atoms with E-state index in [1.807, 2.05) is 0 Å². The van der Waals surface area contributed by atoms with E-state index in [9.17, 15) is 17.6 Å². The van der Waals surface area contributed by atoms with Crippen molar-refractivity contribution in [2.24, 2.45) is 0 Å². The van der Waals surface area contributed by atoms with Gasteiger partial charge in [-0.05, 0) is 0 Å². The number of alkyl halides is 4. The lowest BCUT2D eigenvalue weighted by molar-refractivity contribution is -0.237. The molecule has 0 bridgehead atoms. The van der Waals surface area contributed by atoms with Gasteiger partial charge in [0, 0.05) is 0 Å². The fourth-order valence-electron chi connectivity index (χ4n) is 0. The largest absolute Gasteiger partial charge is 0.559 e. The first-order chi connectivity index (χ1) is 4.83. The minimum Gasteiger partial charge on any atom is -0.294 e. The van der Waals surface area contributed by atoms with Crippen LogP contribution in [-0.2, 0) is 9.59 Å². The fraction of sp³-hybridized carbons (Fsp3) is 0.667. The molecular formula is C3H4F4N2O3. The highest BCUT2D eigenvalue weighted by Crippen LogP contribution is 2.13. The third-order valence-corrected chi connectivity index (χ3v) is 0. The Kier molecular flexibility index (Phi) is 30.3. The number of halogens is 4. The molecule has 0 fully saturated rings. The Labute approximate surface area is 63.9 Å². The smallest absolute Gasteiger partial charge is 0.294 e. The van der Waals surface area contributed by atoms with Crippen LogP contribution in [0.3, 0.4) is 0 Å². The minimum absolute atomic E-state index is 0. The Balaban J connectivity index is -0.0000000406. The third-order valence-electron chi connectivity index (χ3n) is 0. The number of carbonyl (C=O) groups excluding carboxylic acids is 2. The maximum atomic E-state index is 9.69. The molecule has 0 N–H and O–H groups in total. The normalized spacial score (nSPS) is 6.33. The zero-order valence-corrected chi connectivity index (χ0v) is 4.63. The number of rotatable bonds is 0. The predicted octanol–water partition coefficient (Wildman–Crippen LogP) is 1.37. The molecule has 0 spiro atoms. The molecular weight excluding hydrogens is 188 g/mol. The molecule has 0 aliphatic carbocycles. The topological polar surface area (TPSA) is 87.6 Å². The van der Waals surface area contributed by atoms with Gasteiger partial charge >= 0.3 is 12.6 Å². The van der Waals surface area contributed by atoms with Gasteiger partial charge in [-0.3, -0.25) is 5.53 Å². The lowest BCUT2D eigenvalue weighted by Crippen LogP contribution is -1.92. The summed E-state index contributed by atoms with van der Waals surface area (Å²) in [5, 5.41) is 0. The van der Waals surface area contributed by atoms with Crippen molar-refractivity contribution < 1.29 is 27.2 Å². The van der Waals surface area contributed by atoms with E-state index < -0.39 is 6.43 Å². The molecule has 72 valence electrons. The second-order valence-electron chi connectivity index (χ2n) is 0.594. The van der Waals surface area contributed by atoms with Gasteiger partial charge < -0.3 is 0 Å². The third kappa shape index (κ3) is 183. The van der Waals surface area contributed by atoms with Gasteiger partial charge in [-0.25, -0.2) is 0 Å². The van der Waals surface area contributed by atoms with Gasteiger partial charge in [0.1, 0.15) is 4.97 Å². The fourth-order valence-corrected chi connectivity index (χ4v) is 0. The highest BCUT2D eigenvalue weighted by molar-refractivity contribution is 5.20. The molecule has 0 saturated heterocycles. The Morgan fingerprint density at radius 2 is 1.17 bits per heavy atom. The summed E-state index contributed by atoms with van der Waals surface area (Å²) in [6.07, 6.45) is -5.25. The van der Waals surface area contributed by atoms with E-state index in [1.165, 1.54) is 4.97 Å². The van der Waals surface area contributed by atoms with Gasteiger partial charge in [0.05, 0.1) is 0 Å². The van der Waals surface area contributed by atoms with Crippen molar-refractivity contribution >= 4 is 6.15 Å². The first-order valence-corrected chi connectivity index (χ1v) is 1.55. The van der Waals surface area contributed by atoms with Crippen molar-refractivity contribution in [3.8, 4) is 0 Å². The molecule has 9 heteroatoms. The molecule has 0 saturated carbocycles. The molecule has 0 aromatic carbocycles. The van der Waals surface area contributed by atoms with Crippen molar-refractivity contribution in [1.29, 1.82) is 0 Å². The average Bonchev–Trinajstić information content (AvgIpc) is 1.62. The van der Waals surface area contributed by atoms with E-state index in [0.717, 1.165) is 0 Å². The highest BCUT2D eigenvalue weighted by atomic mass is 19.5. The Bertz CT molecular complexity index is 126. The van der Waals surface area contributed by atoms with Crippen LogP contribution in [0.4, 0.5) is 17.6 Å². The van der Waals surface area contributed by atoms with E-state index in [0.29, 0.717) is 0 Å². The Hall–Kier alpha value is -1.59. The van der Waals surface area contributed by atoms with E-state index in [2.05, 4.69) is 0 Å². The summed E-state index contributed by atoms with van der Waals surface area (Å²) >= 11 is 0. The van der Waals surface area contributed by atoms with E-state index >= 15 is 0 Å². The standard InChI is InChI=1S/CF4.CO2.CH4.N2O/c2-1(3,4)5;2-1-3;;1-2-3/h;;1H4;.